The molecule has 0 amide bonds. The van der Waals surface area contributed by atoms with Crippen molar-refractivity contribution in [3.8, 4) is 67.9 Å². The molecule has 0 unspecified atom stereocenters. The van der Waals surface area contributed by atoms with Gasteiger partial charge >= 0.3 is 0 Å². The van der Waals surface area contributed by atoms with Gasteiger partial charge in [0, 0.05) is 27.8 Å². The molecule has 0 bridgehead atoms. The highest BCUT2D eigenvalue weighted by Crippen LogP contribution is 2.62. The van der Waals surface area contributed by atoms with Crippen molar-refractivity contribution in [2.75, 3.05) is 0 Å². The van der Waals surface area contributed by atoms with Crippen LogP contribution in [-0.4, -0.2) is 15.0 Å². The normalized spacial score (nSPS) is 13.4. The van der Waals surface area contributed by atoms with Gasteiger partial charge in [-0.2, -0.15) is 0 Å². The number of rotatable bonds is 4. The Labute approximate surface area is 291 Å². The lowest BCUT2D eigenvalue weighted by atomic mass is 9.66. The Bertz CT molecular complexity index is 2590. The van der Waals surface area contributed by atoms with E-state index in [1.54, 1.807) is 0 Å². The largest absolute Gasteiger partial charge is 0.457 e. The van der Waals surface area contributed by atoms with Crippen LogP contribution in [0.15, 0.2) is 176 Å². The minimum absolute atomic E-state index is 0.387. The van der Waals surface area contributed by atoms with Crippen molar-refractivity contribution in [1.29, 1.82) is 0 Å². The van der Waals surface area contributed by atoms with Gasteiger partial charge in [-0.3, -0.25) is 0 Å². The van der Waals surface area contributed by atoms with Gasteiger partial charge in [0.15, 0.2) is 17.5 Å². The average molecular weight is 641 g/mol. The first-order chi connectivity index (χ1) is 25.2. The van der Waals surface area contributed by atoms with E-state index in [4.69, 9.17) is 21.1 Å². The molecule has 1 aromatic heterocycles. The van der Waals surface area contributed by atoms with Crippen LogP contribution in [0, 0.1) is 0 Å². The number of aromatic nitrogens is 3. The summed E-state index contributed by atoms with van der Waals surface area (Å²) in [6.07, 6.45) is 0. The van der Waals surface area contributed by atoms with E-state index in [2.05, 4.69) is 84.9 Å². The van der Waals surface area contributed by atoms with Crippen LogP contribution in [0.4, 0.5) is 0 Å². The van der Waals surface area contributed by atoms with E-state index in [-0.39, 0.29) is 0 Å². The Morgan fingerprint density at radius 1 is 0.380 bits per heavy atom. The summed E-state index contributed by atoms with van der Waals surface area (Å²) in [5.74, 6) is 3.19. The predicted molar refractivity (Wildman–Crippen MR) is 199 cm³/mol. The van der Waals surface area contributed by atoms with Crippen molar-refractivity contribution in [2.24, 2.45) is 0 Å². The zero-order valence-electron chi connectivity index (χ0n) is 27.9. The molecule has 1 aliphatic carbocycles. The molecule has 234 valence electrons. The lowest BCUT2D eigenvalue weighted by Crippen LogP contribution is -2.32. The summed E-state index contributed by atoms with van der Waals surface area (Å²) in [4.78, 5) is 15.1. The first-order valence-electron chi connectivity index (χ1n) is 17.3. The molecule has 0 N–H and O–H groups in total. The van der Waals surface area contributed by atoms with Crippen molar-refractivity contribution < 1.29 is 6.11 Å². The molecular formula is C46H29N3O. The van der Waals surface area contributed by atoms with Gasteiger partial charge in [-0.1, -0.05) is 158 Å². The smallest absolute Gasteiger partial charge is 0.164 e. The highest BCUT2D eigenvalue weighted by molar-refractivity contribution is 5.89. The Balaban J connectivity index is 1.18. The molecule has 10 rings (SSSR count). The summed E-state index contributed by atoms with van der Waals surface area (Å²) in [5, 5.41) is 0. The second kappa shape index (κ2) is 11.2. The fourth-order valence-electron chi connectivity index (χ4n) is 7.75. The molecular weight excluding hydrogens is 611 g/mol. The van der Waals surface area contributed by atoms with Crippen molar-refractivity contribution in [2.45, 2.75) is 5.41 Å². The zero-order valence-corrected chi connectivity index (χ0v) is 26.9. The summed E-state index contributed by atoms with van der Waals surface area (Å²) in [6.45, 7) is 0. The second-order valence-corrected chi connectivity index (χ2v) is 12.7. The van der Waals surface area contributed by atoms with Gasteiger partial charge in [-0.15, -0.1) is 0 Å². The first-order valence-corrected chi connectivity index (χ1v) is 16.8. The topological polar surface area (TPSA) is 47.9 Å². The van der Waals surface area contributed by atoms with E-state index in [1.165, 1.54) is 22.3 Å². The van der Waals surface area contributed by atoms with Gasteiger partial charge in [0.2, 0.25) is 0 Å². The van der Waals surface area contributed by atoms with Crippen LogP contribution < -0.4 is 4.74 Å². The van der Waals surface area contributed by atoms with E-state index < -0.39 is 5.41 Å². The maximum absolute atomic E-state index is 8.67. The third-order valence-electron chi connectivity index (χ3n) is 9.93. The molecule has 0 fully saturated rings. The maximum atomic E-state index is 8.67. The Morgan fingerprint density at radius 3 is 1.56 bits per heavy atom. The van der Waals surface area contributed by atoms with Crippen molar-refractivity contribution >= 4 is 0 Å². The van der Waals surface area contributed by atoms with Crippen LogP contribution in [0.1, 0.15) is 23.6 Å². The summed E-state index contributed by atoms with van der Waals surface area (Å²) < 4.78 is 15.4. The van der Waals surface area contributed by atoms with Crippen molar-refractivity contribution in [1.82, 2.24) is 15.0 Å². The molecule has 0 atom stereocenters. The molecule has 7 aromatic carbocycles. The van der Waals surface area contributed by atoms with Gasteiger partial charge < -0.3 is 4.74 Å². The molecule has 1 aliphatic heterocycles. The summed E-state index contributed by atoms with van der Waals surface area (Å²) in [7, 11) is 0. The lowest BCUT2D eigenvalue weighted by Gasteiger charge is -2.39. The monoisotopic (exact) mass is 640 g/mol. The molecule has 2 aliphatic rings. The Kier molecular flexibility index (Phi) is 6.13. The Morgan fingerprint density at radius 2 is 0.880 bits per heavy atom. The molecule has 0 saturated heterocycles. The fraction of sp³-hybridized carbons (Fsp3) is 0.0217. The minimum atomic E-state index is -0.544. The van der Waals surface area contributed by atoms with Crippen LogP contribution in [0.3, 0.4) is 0 Å². The molecule has 0 saturated carbocycles. The van der Waals surface area contributed by atoms with Gasteiger partial charge in [0.05, 0.1) is 6.79 Å². The van der Waals surface area contributed by atoms with E-state index in [9.17, 15) is 0 Å². The molecule has 2 heterocycles. The standard InChI is InChI=1S/C46H29N3O/c1-3-14-30(15-4-1)32-18-13-19-33(28-32)44-47-43(31-16-5-2-6-17-31)48-45(49-44)34-26-27-40-42(29-34)50-41-25-12-11-24-39(41)46(40)37-22-9-7-20-35(37)36-21-8-10-23-38(36)46/h1-29H/i13D. The van der Waals surface area contributed by atoms with Gasteiger partial charge in [-0.25, -0.2) is 15.0 Å². The summed E-state index contributed by atoms with van der Waals surface area (Å²) >= 11 is 0. The number of nitrogens with zero attached hydrogens (tertiary/aromatic N) is 3. The highest BCUT2D eigenvalue weighted by Gasteiger charge is 2.50. The number of fused-ring (bicyclic) bond motifs is 9. The van der Waals surface area contributed by atoms with E-state index in [1.807, 2.05) is 84.9 Å². The number of hydrogen-bond donors (Lipinski definition) is 0. The second-order valence-electron chi connectivity index (χ2n) is 12.7. The summed E-state index contributed by atoms with van der Waals surface area (Å²) in [5.41, 5.74) is 11.0. The van der Waals surface area contributed by atoms with Crippen molar-refractivity contribution in [3.63, 3.8) is 0 Å². The lowest BCUT2D eigenvalue weighted by molar-refractivity contribution is 0.436. The van der Waals surface area contributed by atoms with Crippen LogP contribution >= 0.6 is 0 Å². The number of benzene rings is 7. The third-order valence-corrected chi connectivity index (χ3v) is 9.93. The molecule has 0 radical (unpaired) electrons. The predicted octanol–water partition coefficient (Wildman–Crippen LogP) is 11.0. The molecule has 4 nitrogen and oxygen atoms in total. The van der Waals surface area contributed by atoms with Gasteiger partial charge in [-0.05, 0) is 51.6 Å². The van der Waals surface area contributed by atoms with Crippen LogP contribution in [0.2, 0.25) is 0 Å². The van der Waals surface area contributed by atoms with Gasteiger partial charge in [0.1, 0.15) is 11.5 Å². The summed E-state index contributed by atoms with van der Waals surface area (Å²) in [6, 6.07) is 58.4. The van der Waals surface area contributed by atoms with E-state index in [0.29, 0.717) is 23.5 Å². The number of para-hydroxylation sites is 1. The SMILES string of the molecule is [2H]c1cc(-c2ccccc2)cc(-c2nc(-c3ccccc3)nc(-c3ccc4c(c3)Oc3ccccc3C43c4ccccc4-c4ccccc43)n2)c1. The van der Waals surface area contributed by atoms with E-state index in [0.717, 1.165) is 50.4 Å². The molecule has 1 spiro atoms. The minimum Gasteiger partial charge on any atom is -0.457 e. The quantitative estimate of drug-likeness (QED) is 0.192. The van der Waals surface area contributed by atoms with Crippen LogP contribution in [0.5, 0.6) is 11.5 Å². The fourth-order valence-corrected chi connectivity index (χ4v) is 7.75. The first kappa shape index (κ1) is 27.3. The third kappa shape index (κ3) is 4.28. The molecule has 50 heavy (non-hydrogen) atoms. The van der Waals surface area contributed by atoms with Crippen LogP contribution in [-0.2, 0) is 5.41 Å². The van der Waals surface area contributed by atoms with Crippen LogP contribution in [0.25, 0.3) is 56.4 Å². The molecule has 8 aromatic rings. The highest BCUT2D eigenvalue weighted by atomic mass is 16.5. The number of hydrogen-bond acceptors (Lipinski definition) is 4. The Hall–Kier alpha value is -6.65. The van der Waals surface area contributed by atoms with E-state index >= 15 is 0 Å². The van der Waals surface area contributed by atoms with Crippen molar-refractivity contribution in [3.05, 3.63) is 198 Å². The number of ether oxygens (including phenoxy) is 1. The zero-order chi connectivity index (χ0) is 33.9. The average Bonchev–Trinajstić information content (AvgIpc) is 3.49. The van der Waals surface area contributed by atoms with Gasteiger partial charge in [0.25, 0.3) is 0 Å². The maximum Gasteiger partial charge on any atom is 0.164 e. The molecule has 4 heteroatoms.